The number of anilines is 1. The first-order valence-electron chi connectivity index (χ1n) is 9.07. The number of benzene rings is 3. The van der Waals surface area contributed by atoms with Crippen LogP contribution in [0.5, 0.6) is 5.75 Å². The van der Waals surface area contributed by atoms with E-state index in [1.807, 2.05) is 30.3 Å². The van der Waals surface area contributed by atoms with E-state index in [4.69, 9.17) is 17.0 Å². The minimum atomic E-state index is -0.469. The maximum Gasteiger partial charge on any atom is 0.274 e. The minimum absolute atomic E-state index is 0.0276. The molecule has 8 heteroatoms. The van der Waals surface area contributed by atoms with Gasteiger partial charge in [-0.2, -0.15) is 0 Å². The molecule has 0 aliphatic heterocycles. The van der Waals surface area contributed by atoms with Gasteiger partial charge in [-0.25, -0.2) is 0 Å². The van der Waals surface area contributed by atoms with E-state index >= 15 is 0 Å². The summed E-state index contributed by atoms with van der Waals surface area (Å²) < 4.78 is 5.71. The highest BCUT2D eigenvalue weighted by atomic mass is 32.1. The second-order valence-electron chi connectivity index (χ2n) is 6.41. The molecule has 0 radical (unpaired) electrons. The van der Waals surface area contributed by atoms with Crippen LogP contribution in [-0.2, 0) is 6.61 Å². The molecule has 7 nitrogen and oxygen atoms in total. The van der Waals surface area contributed by atoms with Gasteiger partial charge in [-0.15, -0.1) is 0 Å². The number of carbonyl (C=O) groups is 1. The molecule has 0 aromatic heterocycles. The van der Waals surface area contributed by atoms with Crippen molar-refractivity contribution in [1.82, 2.24) is 5.32 Å². The molecule has 2 N–H and O–H groups in total. The monoisotopic (exact) mass is 421 g/mol. The Labute approximate surface area is 178 Å². The van der Waals surface area contributed by atoms with E-state index in [0.29, 0.717) is 29.2 Å². The van der Waals surface area contributed by atoms with Crippen molar-refractivity contribution in [1.29, 1.82) is 0 Å². The second-order valence-corrected chi connectivity index (χ2v) is 6.82. The Hall–Kier alpha value is -3.78. The Kier molecular flexibility index (Phi) is 6.71. The Morgan fingerprint density at radius 3 is 2.40 bits per heavy atom. The zero-order chi connectivity index (χ0) is 21.5. The van der Waals surface area contributed by atoms with Gasteiger partial charge >= 0.3 is 0 Å². The normalized spacial score (nSPS) is 10.2. The lowest BCUT2D eigenvalue weighted by molar-refractivity contribution is -0.385. The van der Waals surface area contributed by atoms with Gasteiger partial charge in [0.05, 0.1) is 16.2 Å². The summed E-state index contributed by atoms with van der Waals surface area (Å²) in [7, 11) is 0. The first-order valence-corrected chi connectivity index (χ1v) is 9.48. The van der Waals surface area contributed by atoms with Crippen molar-refractivity contribution in [2.24, 2.45) is 0 Å². The summed E-state index contributed by atoms with van der Waals surface area (Å²) in [6.45, 7) is 2.04. The van der Waals surface area contributed by atoms with E-state index in [2.05, 4.69) is 10.6 Å². The minimum Gasteiger partial charge on any atom is -0.489 e. The number of thiocarbonyl (C=S) groups is 1. The van der Waals surface area contributed by atoms with Gasteiger partial charge in [-0.1, -0.05) is 36.4 Å². The summed E-state index contributed by atoms with van der Waals surface area (Å²) in [5, 5.41) is 16.5. The molecule has 3 aromatic rings. The van der Waals surface area contributed by atoms with Crippen LogP contribution in [0.15, 0.2) is 72.8 Å². The number of carbonyl (C=O) groups excluding carboxylic acids is 1. The van der Waals surface area contributed by atoms with Gasteiger partial charge in [0.15, 0.2) is 5.11 Å². The second kappa shape index (κ2) is 9.62. The molecule has 0 heterocycles. The number of nitrogens with zero attached hydrogens (tertiary/aromatic N) is 1. The first kappa shape index (κ1) is 20.9. The first-order chi connectivity index (χ1) is 14.4. The number of amides is 1. The molecular formula is C22H19N3O4S. The van der Waals surface area contributed by atoms with Crippen molar-refractivity contribution in [2.75, 3.05) is 5.32 Å². The van der Waals surface area contributed by atoms with Crippen LogP contribution in [0, 0.1) is 17.0 Å². The Morgan fingerprint density at radius 2 is 1.73 bits per heavy atom. The van der Waals surface area contributed by atoms with Crippen LogP contribution in [-0.4, -0.2) is 15.9 Å². The number of rotatable bonds is 6. The summed E-state index contributed by atoms with van der Waals surface area (Å²) in [5.74, 6) is 0.244. The van der Waals surface area contributed by atoms with Crippen molar-refractivity contribution >= 4 is 34.6 Å². The van der Waals surface area contributed by atoms with Crippen molar-refractivity contribution in [2.45, 2.75) is 13.5 Å². The van der Waals surface area contributed by atoms with Gasteiger partial charge in [0, 0.05) is 11.6 Å². The van der Waals surface area contributed by atoms with Crippen LogP contribution in [0.4, 0.5) is 11.4 Å². The van der Waals surface area contributed by atoms with Gasteiger partial charge in [0.2, 0.25) is 0 Å². The molecule has 0 spiro atoms. The average Bonchev–Trinajstić information content (AvgIpc) is 2.74. The molecule has 0 bridgehead atoms. The molecule has 0 aliphatic carbocycles. The Morgan fingerprint density at radius 1 is 1.03 bits per heavy atom. The van der Waals surface area contributed by atoms with Crippen LogP contribution in [0.1, 0.15) is 21.5 Å². The third-order valence-electron chi connectivity index (χ3n) is 4.34. The number of nitro groups is 1. The SMILES string of the molecule is Cc1c(NC(=S)NC(=O)c2ccc(OCc3ccccc3)cc2)cccc1[N+](=O)[O-]. The highest BCUT2D eigenvalue weighted by molar-refractivity contribution is 7.80. The van der Waals surface area contributed by atoms with E-state index in [9.17, 15) is 14.9 Å². The van der Waals surface area contributed by atoms with Crippen molar-refractivity contribution in [3.63, 3.8) is 0 Å². The van der Waals surface area contributed by atoms with Gasteiger partial charge in [-0.05, 0) is 55.0 Å². The molecule has 0 saturated carbocycles. The number of ether oxygens (including phenoxy) is 1. The zero-order valence-corrected chi connectivity index (χ0v) is 16.9. The summed E-state index contributed by atoms with van der Waals surface area (Å²) >= 11 is 5.16. The van der Waals surface area contributed by atoms with E-state index < -0.39 is 10.8 Å². The molecule has 0 atom stereocenters. The molecular weight excluding hydrogens is 402 g/mol. The molecule has 3 aromatic carbocycles. The summed E-state index contributed by atoms with van der Waals surface area (Å²) in [5.41, 5.74) is 2.31. The maximum absolute atomic E-state index is 12.4. The van der Waals surface area contributed by atoms with E-state index in [0.717, 1.165) is 5.56 Å². The number of hydrogen-bond donors (Lipinski definition) is 2. The quantitative estimate of drug-likeness (QED) is 0.343. The molecule has 0 unspecified atom stereocenters. The zero-order valence-electron chi connectivity index (χ0n) is 16.1. The standard InChI is InChI=1S/C22H19N3O4S/c1-15-19(8-5-9-20(15)25(27)28)23-22(30)24-21(26)17-10-12-18(13-11-17)29-14-16-6-3-2-4-7-16/h2-13H,14H2,1H3,(H2,23,24,26,30). The van der Waals surface area contributed by atoms with E-state index in [1.54, 1.807) is 43.3 Å². The topological polar surface area (TPSA) is 93.5 Å². The highest BCUT2D eigenvalue weighted by Gasteiger charge is 2.15. The smallest absolute Gasteiger partial charge is 0.274 e. The summed E-state index contributed by atoms with van der Waals surface area (Å²) in [6.07, 6.45) is 0. The van der Waals surface area contributed by atoms with Crippen LogP contribution < -0.4 is 15.4 Å². The molecule has 1 amide bonds. The molecule has 152 valence electrons. The van der Waals surface area contributed by atoms with E-state index in [-0.39, 0.29) is 10.8 Å². The molecule has 30 heavy (non-hydrogen) atoms. The van der Waals surface area contributed by atoms with Gasteiger partial charge < -0.3 is 10.1 Å². The summed E-state index contributed by atoms with van der Waals surface area (Å²) in [6, 6.07) is 21.1. The maximum atomic E-state index is 12.4. The van der Waals surface area contributed by atoms with Crippen LogP contribution in [0.3, 0.4) is 0 Å². The van der Waals surface area contributed by atoms with E-state index in [1.165, 1.54) is 6.07 Å². The fraction of sp³-hybridized carbons (Fsp3) is 0.0909. The van der Waals surface area contributed by atoms with Gasteiger partial charge in [0.25, 0.3) is 11.6 Å². The lowest BCUT2D eigenvalue weighted by Gasteiger charge is -2.12. The van der Waals surface area contributed by atoms with Gasteiger partial charge in [-0.3, -0.25) is 20.2 Å². The molecule has 0 fully saturated rings. The van der Waals surface area contributed by atoms with Gasteiger partial charge in [0.1, 0.15) is 12.4 Å². The predicted octanol–water partition coefficient (Wildman–Crippen LogP) is 4.61. The third-order valence-corrected chi connectivity index (χ3v) is 4.55. The average molecular weight is 421 g/mol. The number of hydrogen-bond acceptors (Lipinski definition) is 5. The van der Waals surface area contributed by atoms with Crippen LogP contribution >= 0.6 is 12.2 Å². The Balaban J connectivity index is 1.57. The fourth-order valence-corrected chi connectivity index (χ4v) is 2.93. The number of nitro benzene ring substituents is 1. The van der Waals surface area contributed by atoms with Crippen LogP contribution in [0.2, 0.25) is 0 Å². The van der Waals surface area contributed by atoms with Crippen molar-refractivity contribution in [3.05, 3.63) is 99.6 Å². The molecule has 0 aliphatic rings. The lowest BCUT2D eigenvalue weighted by Crippen LogP contribution is -2.34. The summed E-state index contributed by atoms with van der Waals surface area (Å²) in [4.78, 5) is 23.0. The largest absolute Gasteiger partial charge is 0.489 e. The fourth-order valence-electron chi connectivity index (χ4n) is 2.73. The van der Waals surface area contributed by atoms with Crippen molar-refractivity contribution < 1.29 is 14.5 Å². The number of nitrogens with one attached hydrogen (secondary N) is 2. The van der Waals surface area contributed by atoms with Crippen LogP contribution in [0.25, 0.3) is 0 Å². The lowest BCUT2D eigenvalue weighted by atomic mass is 10.1. The van der Waals surface area contributed by atoms with Crippen molar-refractivity contribution in [3.8, 4) is 5.75 Å². The third kappa shape index (κ3) is 5.39. The predicted molar refractivity (Wildman–Crippen MR) is 119 cm³/mol. The highest BCUT2D eigenvalue weighted by Crippen LogP contribution is 2.25. The molecule has 0 saturated heterocycles. The molecule has 3 rings (SSSR count). The Bertz CT molecular complexity index is 1070.